The average Bonchev–Trinajstić information content (AvgIpc) is 2.69. The number of hydrogen-bond donors (Lipinski definition) is 1. The molecule has 0 amide bonds. The molecule has 1 aliphatic rings. The maximum atomic E-state index is 13.0. The van der Waals surface area contributed by atoms with Crippen LogP contribution in [0.5, 0.6) is 0 Å². The van der Waals surface area contributed by atoms with Crippen LogP contribution in [-0.2, 0) is 12.3 Å². The number of aliphatic hydroxyl groups is 1. The van der Waals surface area contributed by atoms with Crippen molar-refractivity contribution < 1.29 is 5.11 Å². The molecule has 3 aromatic rings. The molecule has 0 radical (unpaired) electrons. The first-order valence-electron chi connectivity index (χ1n) is 9.36. The Morgan fingerprint density at radius 3 is 2.38 bits per heavy atom. The van der Waals surface area contributed by atoms with Crippen molar-refractivity contribution in [3.8, 4) is 11.3 Å². The summed E-state index contributed by atoms with van der Waals surface area (Å²) in [5.41, 5.74) is 0.514. The lowest BCUT2D eigenvalue weighted by Gasteiger charge is -2.47. The second kappa shape index (κ2) is 7.61. The number of halogens is 1. The summed E-state index contributed by atoms with van der Waals surface area (Å²) in [6.07, 6.45) is 3.35. The third-order valence-electron chi connectivity index (χ3n) is 5.22. The molecule has 1 aliphatic heterocycles. The van der Waals surface area contributed by atoms with E-state index in [0.717, 1.165) is 11.1 Å². The van der Waals surface area contributed by atoms with Gasteiger partial charge in [-0.25, -0.2) is 4.98 Å². The summed E-state index contributed by atoms with van der Waals surface area (Å²) >= 11 is 0. The summed E-state index contributed by atoms with van der Waals surface area (Å²) in [6, 6.07) is 14.7. The molecule has 6 nitrogen and oxygen atoms in total. The molecule has 4 rings (SSSR count). The van der Waals surface area contributed by atoms with Gasteiger partial charge in [-0.3, -0.25) is 14.3 Å². The Morgan fingerprint density at radius 1 is 1.07 bits per heavy atom. The Morgan fingerprint density at radius 2 is 1.72 bits per heavy atom. The number of nitrogens with zero attached hydrogens (tertiary/aromatic N) is 4. The maximum Gasteiger partial charge on any atom is 0.255 e. The van der Waals surface area contributed by atoms with Gasteiger partial charge in [0.25, 0.3) is 5.56 Å². The van der Waals surface area contributed by atoms with Gasteiger partial charge >= 0.3 is 0 Å². The fraction of sp³-hybridized carbons (Fsp3) is 0.318. The van der Waals surface area contributed by atoms with E-state index in [-0.39, 0.29) is 23.4 Å². The second-order valence-electron chi connectivity index (χ2n) is 8.24. The third-order valence-corrected chi connectivity index (χ3v) is 5.22. The topological polar surface area (TPSA) is 71.2 Å². The van der Waals surface area contributed by atoms with Gasteiger partial charge in [0.15, 0.2) is 5.72 Å². The number of pyridine rings is 1. The Bertz CT molecular complexity index is 1050. The Kier molecular flexibility index (Phi) is 5.52. The average molecular weight is 413 g/mol. The fourth-order valence-electron chi connectivity index (χ4n) is 3.75. The van der Waals surface area contributed by atoms with Crippen LogP contribution in [-0.4, -0.2) is 26.2 Å². The standard InChI is InChI=1S/C22H24N4O2.ClH/c1-21(2)14-25-19(27)13-18(16-9-11-23-12-10-16)24-20(25)26(15-21)22(3,28)17-7-5-4-6-8-17;/h4-13,28H,14-15H2,1-3H3;1H. The van der Waals surface area contributed by atoms with E-state index in [0.29, 0.717) is 24.7 Å². The highest BCUT2D eigenvalue weighted by atomic mass is 35.5. The summed E-state index contributed by atoms with van der Waals surface area (Å²) in [5, 5.41) is 11.5. The first kappa shape index (κ1) is 21.0. The summed E-state index contributed by atoms with van der Waals surface area (Å²) in [4.78, 5) is 23.6. The monoisotopic (exact) mass is 412 g/mol. The van der Waals surface area contributed by atoms with Crippen LogP contribution in [0.25, 0.3) is 11.3 Å². The lowest BCUT2D eigenvalue weighted by molar-refractivity contribution is 0.0342. The lowest BCUT2D eigenvalue weighted by atomic mass is 9.89. The van der Waals surface area contributed by atoms with Crippen LogP contribution in [0.15, 0.2) is 65.7 Å². The smallest absolute Gasteiger partial charge is 0.255 e. The Balaban J connectivity index is 0.00000240. The van der Waals surface area contributed by atoms with Gasteiger partial charge in [0, 0.05) is 48.1 Å². The molecule has 0 saturated heterocycles. The highest BCUT2D eigenvalue weighted by Gasteiger charge is 2.41. The van der Waals surface area contributed by atoms with Gasteiger partial charge in [-0.1, -0.05) is 44.2 Å². The number of benzene rings is 1. The Labute approximate surface area is 176 Å². The van der Waals surface area contributed by atoms with E-state index < -0.39 is 5.72 Å². The minimum atomic E-state index is -1.31. The minimum absolute atomic E-state index is 0. The zero-order valence-corrected chi connectivity index (χ0v) is 17.6. The van der Waals surface area contributed by atoms with Crippen LogP contribution < -0.4 is 10.5 Å². The van der Waals surface area contributed by atoms with Gasteiger partial charge in [0.2, 0.25) is 5.95 Å². The van der Waals surface area contributed by atoms with E-state index in [1.165, 1.54) is 0 Å². The lowest BCUT2D eigenvalue weighted by Crippen LogP contribution is -2.55. The van der Waals surface area contributed by atoms with Crippen molar-refractivity contribution in [2.45, 2.75) is 33.0 Å². The molecule has 0 fully saturated rings. The number of aromatic nitrogens is 3. The van der Waals surface area contributed by atoms with Gasteiger partial charge in [0.05, 0.1) is 5.69 Å². The number of anilines is 1. The van der Waals surface area contributed by atoms with Crippen molar-refractivity contribution in [2.24, 2.45) is 5.41 Å². The molecule has 1 aromatic carbocycles. The first-order valence-corrected chi connectivity index (χ1v) is 9.36. The van der Waals surface area contributed by atoms with Crippen molar-refractivity contribution in [1.82, 2.24) is 14.5 Å². The highest BCUT2D eigenvalue weighted by molar-refractivity contribution is 5.85. The molecular weight excluding hydrogens is 388 g/mol. The van der Waals surface area contributed by atoms with E-state index in [2.05, 4.69) is 18.8 Å². The number of fused-ring (bicyclic) bond motifs is 1. The van der Waals surface area contributed by atoms with Crippen LogP contribution >= 0.6 is 12.4 Å². The van der Waals surface area contributed by atoms with Crippen LogP contribution in [0.2, 0.25) is 0 Å². The molecule has 0 spiro atoms. The SMILES string of the molecule is CC1(C)CN(C(C)(O)c2ccccc2)c2nc(-c3ccncc3)cc(=O)n2C1.Cl. The van der Waals surface area contributed by atoms with Crippen LogP contribution in [0.3, 0.4) is 0 Å². The maximum absolute atomic E-state index is 13.0. The van der Waals surface area contributed by atoms with Crippen molar-refractivity contribution in [1.29, 1.82) is 0 Å². The molecule has 2 aromatic heterocycles. The van der Waals surface area contributed by atoms with E-state index in [9.17, 15) is 9.90 Å². The van der Waals surface area contributed by atoms with Gasteiger partial charge in [-0.05, 0) is 19.1 Å². The zero-order valence-electron chi connectivity index (χ0n) is 16.7. The molecule has 3 heterocycles. The third kappa shape index (κ3) is 3.91. The zero-order chi connectivity index (χ0) is 19.9. The number of rotatable bonds is 3. The van der Waals surface area contributed by atoms with Gasteiger partial charge < -0.3 is 10.0 Å². The molecule has 0 bridgehead atoms. The van der Waals surface area contributed by atoms with E-state index >= 15 is 0 Å². The molecule has 1 atom stereocenters. The fourth-order valence-corrected chi connectivity index (χ4v) is 3.75. The molecule has 1 N–H and O–H groups in total. The van der Waals surface area contributed by atoms with E-state index in [1.54, 1.807) is 30.0 Å². The normalized spacial score (nSPS) is 17.0. The summed E-state index contributed by atoms with van der Waals surface area (Å²) in [7, 11) is 0. The van der Waals surface area contributed by atoms with Crippen molar-refractivity contribution in [3.63, 3.8) is 0 Å². The molecule has 29 heavy (non-hydrogen) atoms. The molecule has 0 aliphatic carbocycles. The predicted octanol–water partition coefficient (Wildman–Crippen LogP) is 3.44. The predicted molar refractivity (Wildman–Crippen MR) is 116 cm³/mol. The first-order chi connectivity index (χ1) is 13.3. The molecule has 7 heteroatoms. The molecular formula is C22H25ClN4O2. The minimum Gasteiger partial charge on any atom is -0.367 e. The molecule has 152 valence electrons. The number of hydrogen-bond acceptors (Lipinski definition) is 5. The highest BCUT2D eigenvalue weighted by Crippen LogP contribution is 2.37. The van der Waals surface area contributed by atoms with Crippen LogP contribution in [0.1, 0.15) is 26.3 Å². The van der Waals surface area contributed by atoms with Crippen molar-refractivity contribution in [2.75, 3.05) is 11.4 Å². The van der Waals surface area contributed by atoms with E-state index in [4.69, 9.17) is 4.98 Å². The summed E-state index contributed by atoms with van der Waals surface area (Å²) in [5.74, 6) is 0.479. The van der Waals surface area contributed by atoms with Crippen LogP contribution in [0.4, 0.5) is 5.95 Å². The molecule has 0 saturated carbocycles. The van der Waals surface area contributed by atoms with Gasteiger partial charge in [-0.2, -0.15) is 0 Å². The second-order valence-corrected chi connectivity index (χ2v) is 8.24. The quantitative estimate of drug-likeness (QED) is 0.713. The van der Waals surface area contributed by atoms with Crippen molar-refractivity contribution in [3.05, 3.63) is 76.8 Å². The van der Waals surface area contributed by atoms with Crippen LogP contribution in [0, 0.1) is 5.41 Å². The molecule has 1 unspecified atom stereocenters. The summed E-state index contributed by atoms with van der Waals surface area (Å²) < 4.78 is 1.66. The van der Waals surface area contributed by atoms with Gasteiger partial charge in [-0.15, -0.1) is 12.4 Å². The van der Waals surface area contributed by atoms with E-state index in [1.807, 2.05) is 47.4 Å². The van der Waals surface area contributed by atoms with Gasteiger partial charge in [0.1, 0.15) is 0 Å². The van der Waals surface area contributed by atoms with Crippen molar-refractivity contribution >= 4 is 18.4 Å². The Hall–Kier alpha value is -2.70. The largest absolute Gasteiger partial charge is 0.367 e. The summed E-state index contributed by atoms with van der Waals surface area (Å²) in [6.45, 7) is 7.05.